The summed E-state index contributed by atoms with van der Waals surface area (Å²) in [5.74, 6) is 1.02. The highest BCUT2D eigenvalue weighted by Crippen LogP contribution is 2.32. The van der Waals surface area contributed by atoms with Crippen LogP contribution in [0.15, 0.2) is 18.3 Å². The van der Waals surface area contributed by atoms with Gasteiger partial charge in [-0.25, -0.2) is 9.78 Å². The third-order valence-corrected chi connectivity index (χ3v) is 4.73. The van der Waals surface area contributed by atoms with Gasteiger partial charge >= 0.3 is 6.09 Å². The number of carbonyl (C=O) groups excluding carboxylic acids is 1. The van der Waals surface area contributed by atoms with Crippen LogP contribution in [-0.4, -0.2) is 54.3 Å². The van der Waals surface area contributed by atoms with Gasteiger partial charge in [0.25, 0.3) is 0 Å². The maximum Gasteiger partial charge on any atom is 0.410 e. The average molecular weight is 346 g/mol. The van der Waals surface area contributed by atoms with Crippen LogP contribution in [0.3, 0.4) is 0 Å². The second-order valence-corrected chi connectivity index (χ2v) is 7.87. The maximum atomic E-state index is 12.6. The van der Waals surface area contributed by atoms with E-state index in [-0.39, 0.29) is 12.1 Å². The summed E-state index contributed by atoms with van der Waals surface area (Å²) < 4.78 is 5.60. The summed E-state index contributed by atoms with van der Waals surface area (Å²) in [7, 11) is 0. The molecule has 1 N–H and O–H groups in total. The van der Waals surface area contributed by atoms with Gasteiger partial charge in [-0.15, -0.1) is 0 Å². The number of pyridine rings is 1. The number of piperidine rings is 1. The Morgan fingerprint density at radius 3 is 2.60 bits per heavy atom. The van der Waals surface area contributed by atoms with Gasteiger partial charge < -0.3 is 19.9 Å². The molecule has 2 aliphatic heterocycles. The van der Waals surface area contributed by atoms with E-state index in [0.717, 1.165) is 63.4 Å². The van der Waals surface area contributed by atoms with Gasteiger partial charge in [-0.3, -0.25) is 0 Å². The lowest BCUT2D eigenvalue weighted by atomic mass is 9.97. The number of nitrogens with zero attached hydrogens (tertiary/aromatic N) is 3. The van der Waals surface area contributed by atoms with Crippen LogP contribution in [0.25, 0.3) is 0 Å². The van der Waals surface area contributed by atoms with Gasteiger partial charge in [0, 0.05) is 38.9 Å². The highest BCUT2D eigenvalue weighted by molar-refractivity contribution is 5.69. The number of likely N-dealkylation sites (tertiary alicyclic amines) is 1. The summed E-state index contributed by atoms with van der Waals surface area (Å²) in [6.45, 7) is 10.4. The van der Waals surface area contributed by atoms with E-state index in [9.17, 15) is 4.79 Å². The fourth-order valence-corrected chi connectivity index (χ4v) is 3.49. The van der Waals surface area contributed by atoms with Crippen LogP contribution in [0, 0.1) is 0 Å². The number of nitrogens with one attached hydrogen (secondary N) is 1. The third kappa shape index (κ3) is 4.63. The molecule has 1 aromatic heterocycles. The fraction of sp³-hybridized carbons (Fsp3) is 0.684. The number of carbonyl (C=O) groups is 1. The van der Waals surface area contributed by atoms with Gasteiger partial charge in [0.15, 0.2) is 0 Å². The van der Waals surface area contributed by atoms with Crippen LogP contribution in [0.1, 0.15) is 51.6 Å². The van der Waals surface area contributed by atoms with Gasteiger partial charge in [0.1, 0.15) is 11.4 Å². The summed E-state index contributed by atoms with van der Waals surface area (Å²) in [6.07, 6.45) is 4.84. The number of hydrogen-bond acceptors (Lipinski definition) is 5. The minimum Gasteiger partial charge on any atom is -0.444 e. The van der Waals surface area contributed by atoms with Gasteiger partial charge in [-0.05, 0) is 51.7 Å². The van der Waals surface area contributed by atoms with Crippen LogP contribution in [0.5, 0.6) is 0 Å². The molecule has 0 radical (unpaired) electrons. The Balaban J connectivity index is 1.72. The molecule has 1 atom stereocenters. The van der Waals surface area contributed by atoms with Crippen LogP contribution < -0.4 is 10.2 Å². The average Bonchev–Trinajstić information content (AvgIpc) is 2.61. The molecule has 2 saturated heterocycles. The Labute approximate surface area is 150 Å². The fourth-order valence-electron chi connectivity index (χ4n) is 3.49. The first-order valence-electron chi connectivity index (χ1n) is 9.35. The lowest BCUT2D eigenvalue weighted by Crippen LogP contribution is -2.44. The molecule has 0 saturated carbocycles. The number of ether oxygens (including phenoxy) is 1. The molecule has 0 aromatic carbocycles. The standard InChI is InChI=1S/C19H30N4O2/c1-19(2,3)25-18(24)23-11-5-4-6-16(23)15-7-8-17(21-14-15)22-12-9-20-10-13-22/h7-8,14,16,20H,4-6,9-13H2,1-3H3/t16-/m1/s1. The van der Waals surface area contributed by atoms with E-state index in [1.54, 1.807) is 0 Å². The quantitative estimate of drug-likeness (QED) is 0.892. The van der Waals surface area contributed by atoms with E-state index in [1.807, 2.05) is 31.9 Å². The molecule has 6 nitrogen and oxygen atoms in total. The summed E-state index contributed by atoms with van der Waals surface area (Å²) in [5.41, 5.74) is 0.633. The van der Waals surface area contributed by atoms with Crippen LogP contribution in [0.2, 0.25) is 0 Å². The summed E-state index contributed by atoms with van der Waals surface area (Å²) in [5, 5.41) is 3.36. The number of aromatic nitrogens is 1. The van der Waals surface area contributed by atoms with Gasteiger partial charge in [0.05, 0.1) is 6.04 Å². The number of rotatable bonds is 2. The first-order valence-corrected chi connectivity index (χ1v) is 9.35. The first-order chi connectivity index (χ1) is 11.9. The largest absolute Gasteiger partial charge is 0.444 e. The molecular formula is C19H30N4O2. The molecule has 0 aliphatic carbocycles. The Bertz CT molecular complexity index is 576. The zero-order chi connectivity index (χ0) is 17.9. The molecule has 3 rings (SSSR count). The van der Waals surface area contributed by atoms with Crippen molar-refractivity contribution < 1.29 is 9.53 Å². The van der Waals surface area contributed by atoms with Crippen molar-refractivity contribution in [3.8, 4) is 0 Å². The van der Waals surface area contributed by atoms with E-state index in [0.29, 0.717) is 0 Å². The van der Waals surface area contributed by atoms with E-state index < -0.39 is 5.60 Å². The molecular weight excluding hydrogens is 316 g/mol. The molecule has 0 unspecified atom stereocenters. The predicted molar refractivity (Wildman–Crippen MR) is 98.9 cm³/mol. The highest BCUT2D eigenvalue weighted by Gasteiger charge is 2.31. The SMILES string of the molecule is CC(C)(C)OC(=O)N1CCCC[C@@H]1c1ccc(N2CCNCC2)nc1. The summed E-state index contributed by atoms with van der Waals surface area (Å²) in [4.78, 5) is 21.4. The smallest absolute Gasteiger partial charge is 0.410 e. The Kier molecular flexibility index (Phi) is 5.47. The number of piperazine rings is 1. The van der Waals surface area contributed by atoms with Crippen molar-refractivity contribution in [1.29, 1.82) is 0 Å². The molecule has 2 aliphatic rings. The molecule has 2 fully saturated rings. The Morgan fingerprint density at radius 2 is 1.96 bits per heavy atom. The molecule has 6 heteroatoms. The second kappa shape index (κ2) is 7.60. The van der Waals surface area contributed by atoms with Crippen LogP contribution in [-0.2, 0) is 4.74 Å². The van der Waals surface area contributed by atoms with Crippen molar-refractivity contribution in [3.05, 3.63) is 23.9 Å². The van der Waals surface area contributed by atoms with Gasteiger partial charge in [-0.2, -0.15) is 0 Å². The molecule has 0 spiro atoms. The molecule has 3 heterocycles. The topological polar surface area (TPSA) is 57.7 Å². The van der Waals surface area contributed by atoms with Crippen LogP contribution in [0.4, 0.5) is 10.6 Å². The number of hydrogen-bond donors (Lipinski definition) is 1. The van der Waals surface area contributed by atoms with Gasteiger partial charge in [-0.1, -0.05) is 6.07 Å². The summed E-state index contributed by atoms with van der Waals surface area (Å²) >= 11 is 0. The molecule has 1 amide bonds. The summed E-state index contributed by atoms with van der Waals surface area (Å²) in [6, 6.07) is 4.27. The molecule has 25 heavy (non-hydrogen) atoms. The lowest BCUT2D eigenvalue weighted by Gasteiger charge is -2.37. The number of anilines is 1. The van der Waals surface area contributed by atoms with Crippen molar-refractivity contribution in [2.75, 3.05) is 37.6 Å². The van der Waals surface area contributed by atoms with Crippen molar-refractivity contribution in [3.63, 3.8) is 0 Å². The highest BCUT2D eigenvalue weighted by atomic mass is 16.6. The number of amides is 1. The second-order valence-electron chi connectivity index (χ2n) is 7.87. The van der Waals surface area contributed by atoms with E-state index in [1.165, 1.54) is 0 Å². The van der Waals surface area contributed by atoms with Crippen molar-refractivity contribution in [2.45, 2.75) is 51.7 Å². The third-order valence-electron chi connectivity index (χ3n) is 4.73. The van der Waals surface area contributed by atoms with Crippen LogP contribution >= 0.6 is 0 Å². The van der Waals surface area contributed by atoms with Crippen molar-refractivity contribution in [2.24, 2.45) is 0 Å². The zero-order valence-electron chi connectivity index (χ0n) is 15.6. The molecule has 0 bridgehead atoms. The minimum atomic E-state index is -0.469. The Hall–Kier alpha value is -1.82. The Morgan fingerprint density at radius 1 is 1.20 bits per heavy atom. The maximum absolute atomic E-state index is 12.6. The molecule has 138 valence electrons. The lowest BCUT2D eigenvalue weighted by molar-refractivity contribution is 0.00948. The normalized spacial score (nSPS) is 22.0. The molecule has 1 aromatic rings. The monoisotopic (exact) mass is 346 g/mol. The van der Waals surface area contributed by atoms with Crippen molar-refractivity contribution >= 4 is 11.9 Å². The minimum absolute atomic E-state index is 0.0631. The van der Waals surface area contributed by atoms with Gasteiger partial charge in [0.2, 0.25) is 0 Å². The first kappa shape index (κ1) is 18.0. The van der Waals surface area contributed by atoms with Crippen molar-refractivity contribution in [1.82, 2.24) is 15.2 Å². The van der Waals surface area contributed by atoms with E-state index in [2.05, 4.69) is 27.3 Å². The zero-order valence-corrected chi connectivity index (χ0v) is 15.6. The predicted octanol–water partition coefficient (Wildman–Crippen LogP) is 2.95. The van der Waals surface area contributed by atoms with E-state index >= 15 is 0 Å². The van der Waals surface area contributed by atoms with E-state index in [4.69, 9.17) is 4.74 Å².